The van der Waals surface area contributed by atoms with Crippen molar-refractivity contribution in [3.63, 3.8) is 0 Å². The van der Waals surface area contributed by atoms with E-state index >= 15 is 0 Å². The summed E-state index contributed by atoms with van der Waals surface area (Å²) in [6, 6.07) is 0.0799. The number of ether oxygens (including phenoxy) is 1. The number of aliphatic hydroxyl groups excluding tert-OH is 1. The average Bonchev–Trinajstić information content (AvgIpc) is 3.01. The van der Waals surface area contributed by atoms with E-state index in [1.807, 2.05) is 11.8 Å². The van der Waals surface area contributed by atoms with Gasteiger partial charge in [-0.2, -0.15) is 0 Å². The first-order chi connectivity index (χ1) is 9.60. The Balaban J connectivity index is 1.79. The highest BCUT2D eigenvalue weighted by Crippen LogP contribution is 2.34. The molecule has 2 unspecified atom stereocenters. The van der Waals surface area contributed by atoms with E-state index in [4.69, 9.17) is 4.74 Å². The lowest BCUT2D eigenvalue weighted by Gasteiger charge is -2.40. The highest BCUT2D eigenvalue weighted by molar-refractivity contribution is 5.74. The van der Waals surface area contributed by atoms with Gasteiger partial charge in [0.1, 0.15) is 0 Å². The van der Waals surface area contributed by atoms with Crippen molar-refractivity contribution in [1.29, 1.82) is 0 Å². The molecule has 0 aromatic carbocycles. The molecule has 5 heteroatoms. The van der Waals surface area contributed by atoms with Crippen molar-refractivity contribution in [2.75, 3.05) is 26.3 Å². The van der Waals surface area contributed by atoms with Crippen LogP contribution in [0.15, 0.2) is 0 Å². The van der Waals surface area contributed by atoms with Crippen molar-refractivity contribution in [2.45, 2.75) is 58.1 Å². The molecule has 116 valence electrons. The first-order valence-corrected chi connectivity index (χ1v) is 7.88. The molecule has 0 saturated carbocycles. The minimum absolute atomic E-state index is 0.00985. The van der Waals surface area contributed by atoms with Crippen LogP contribution in [0, 0.1) is 5.41 Å². The molecule has 2 rings (SSSR count). The number of hydrogen-bond donors (Lipinski definition) is 2. The van der Waals surface area contributed by atoms with Crippen LogP contribution in [-0.2, 0) is 4.74 Å². The van der Waals surface area contributed by atoms with E-state index in [0.717, 1.165) is 51.8 Å². The summed E-state index contributed by atoms with van der Waals surface area (Å²) in [5.74, 6) is 0. The van der Waals surface area contributed by atoms with Crippen LogP contribution in [0.5, 0.6) is 0 Å². The lowest BCUT2D eigenvalue weighted by molar-refractivity contribution is 0.0481. The zero-order chi connectivity index (χ0) is 14.6. The summed E-state index contributed by atoms with van der Waals surface area (Å²) >= 11 is 0. The summed E-state index contributed by atoms with van der Waals surface area (Å²) in [5.41, 5.74) is 0.0248. The fourth-order valence-electron chi connectivity index (χ4n) is 3.18. The van der Waals surface area contributed by atoms with Gasteiger partial charge in [-0.15, -0.1) is 0 Å². The molecule has 2 aliphatic heterocycles. The SMILES string of the molecule is CCC1(CO)CCN(C(=O)NC(C)C2CCCO2)CC1. The van der Waals surface area contributed by atoms with Gasteiger partial charge < -0.3 is 20.1 Å². The Kier molecular flexibility index (Phi) is 5.27. The maximum Gasteiger partial charge on any atom is 0.317 e. The molecule has 0 spiro atoms. The summed E-state index contributed by atoms with van der Waals surface area (Å²) in [7, 11) is 0. The molecule has 0 aromatic heterocycles. The predicted octanol–water partition coefficient (Wildman–Crippen LogP) is 1.75. The van der Waals surface area contributed by atoms with Gasteiger partial charge in [0.25, 0.3) is 0 Å². The number of piperidine rings is 1. The lowest BCUT2D eigenvalue weighted by Crippen LogP contribution is -2.52. The zero-order valence-electron chi connectivity index (χ0n) is 12.7. The van der Waals surface area contributed by atoms with Crippen LogP contribution >= 0.6 is 0 Å². The number of likely N-dealkylation sites (tertiary alicyclic amines) is 1. The van der Waals surface area contributed by atoms with E-state index in [2.05, 4.69) is 12.2 Å². The number of nitrogens with zero attached hydrogens (tertiary/aromatic N) is 1. The van der Waals surface area contributed by atoms with Crippen LogP contribution in [0.3, 0.4) is 0 Å². The largest absolute Gasteiger partial charge is 0.396 e. The van der Waals surface area contributed by atoms with E-state index < -0.39 is 0 Å². The van der Waals surface area contributed by atoms with Crippen LogP contribution < -0.4 is 5.32 Å². The van der Waals surface area contributed by atoms with Gasteiger partial charge >= 0.3 is 6.03 Å². The van der Waals surface area contributed by atoms with Gasteiger partial charge in [0, 0.05) is 26.3 Å². The van der Waals surface area contributed by atoms with Crippen molar-refractivity contribution in [3.05, 3.63) is 0 Å². The van der Waals surface area contributed by atoms with Crippen LogP contribution in [0.4, 0.5) is 4.79 Å². The molecule has 2 aliphatic rings. The summed E-state index contributed by atoms with van der Waals surface area (Å²) in [6.07, 6.45) is 5.04. The highest BCUT2D eigenvalue weighted by atomic mass is 16.5. The molecule has 2 amide bonds. The number of aliphatic hydroxyl groups is 1. The molecule has 2 heterocycles. The smallest absolute Gasteiger partial charge is 0.317 e. The summed E-state index contributed by atoms with van der Waals surface area (Å²) < 4.78 is 5.60. The molecule has 2 N–H and O–H groups in total. The van der Waals surface area contributed by atoms with Crippen LogP contribution in [-0.4, -0.2) is 54.5 Å². The molecule has 0 aliphatic carbocycles. The second kappa shape index (κ2) is 6.76. The molecule has 5 nitrogen and oxygen atoms in total. The third-order valence-corrected chi connectivity index (χ3v) is 5.07. The molecule has 2 fully saturated rings. The van der Waals surface area contributed by atoms with Gasteiger partial charge in [-0.3, -0.25) is 0 Å². The number of carbonyl (C=O) groups excluding carboxylic acids is 1. The van der Waals surface area contributed by atoms with Gasteiger partial charge in [-0.25, -0.2) is 4.79 Å². The second-order valence-corrected chi connectivity index (χ2v) is 6.29. The summed E-state index contributed by atoms with van der Waals surface area (Å²) in [6.45, 7) is 6.64. The summed E-state index contributed by atoms with van der Waals surface area (Å²) in [5, 5.41) is 12.6. The Hall–Kier alpha value is -0.810. The minimum Gasteiger partial charge on any atom is -0.396 e. The maximum atomic E-state index is 12.2. The second-order valence-electron chi connectivity index (χ2n) is 6.29. The van der Waals surface area contributed by atoms with Crippen LogP contribution in [0.2, 0.25) is 0 Å². The minimum atomic E-state index is 0.00985. The van der Waals surface area contributed by atoms with E-state index in [9.17, 15) is 9.90 Å². The Labute approximate surface area is 121 Å². The predicted molar refractivity (Wildman–Crippen MR) is 77.6 cm³/mol. The fraction of sp³-hybridized carbons (Fsp3) is 0.933. The first kappa shape index (κ1) is 15.6. The van der Waals surface area contributed by atoms with Gasteiger partial charge in [-0.05, 0) is 44.4 Å². The molecular formula is C15H28N2O3. The van der Waals surface area contributed by atoms with Crippen molar-refractivity contribution >= 4 is 6.03 Å². The average molecular weight is 284 g/mol. The third-order valence-electron chi connectivity index (χ3n) is 5.07. The van der Waals surface area contributed by atoms with E-state index in [-0.39, 0.29) is 30.2 Å². The van der Waals surface area contributed by atoms with Gasteiger partial charge in [0.15, 0.2) is 0 Å². The van der Waals surface area contributed by atoms with E-state index in [1.165, 1.54) is 0 Å². The zero-order valence-corrected chi connectivity index (χ0v) is 12.7. The Bertz CT molecular complexity index is 315. The number of carbonyl (C=O) groups is 1. The first-order valence-electron chi connectivity index (χ1n) is 7.88. The van der Waals surface area contributed by atoms with Crippen molar-refractivity contribution in [1.82, 2.24) is 10.2 Å². The standard InChI is InChI=1S/C15H28N2O3/c1-3-15(11-18)6-8-17(9-7-15)14(19)16-12(2)13-5-4-10-20-13/h12-13,18H,3-11H2,1-2H3,(H,16,19). The molecule has 0 bridgehead atoms. The van der Waals surface area contributed by atoms with Gasteiger partial charge in [-0.1, -0.05) is 6.92 Å². The quantitative estimate of drug-likeness (QED) is 0.827. The number of amides is 2. The molecule has 0 aromatic rings. The maximum absolute atomic E-state index is 12.2. The number of urea groups is 1. The molecule has 0 radical (unpaired) electrons. The molecule has 2 atom stereocenters. The fourth-order valence-corrected chi connectivity index (χ4v) is 3.18. The normalized spacial score (nSPS) is 27.4. The molecule has 20 heavy (non-hydrogen) atoms. The molecule has 2 saturated heterocycles. The number of nitrogens with one attached hydrogen (secondary N) is 1. The van der Waals surface area contributed by atoms with E-state index in [1.54, 1.807) is 0 Å². The Morgan fingerprint density at radius 2 is 2.20 bits per heavy atom. The lowest BCUT2D eigenvalue weighted by atomic mass is 9.77. The Morgan fingerprint density at radius 3 is 2.70 bits per heavy atom. The molecular weight excluding hydrogens is 256 g/mol. The number of hydrogen-bond acceptors (Lipinski definition) is 3. The van der Waals surface area contributed by atoms with Gasteiger partial charge in [0.05, 0.1) is 12.1 Å². The van der Waals surface area contributed by atoms with Crippen molar-refractivity contribution < 1.29 is 14.6 Å². The third kappa shape index (κ3) is 3.44. The number of rotatable bonds is 4. The van der Waals surface area contributed by atoms with Crippen molar-refractivity contribution in [3.8, 4) is 0 Å². The summed E-state index contributed by atoms with van der Waals surface area (Å²) in [4.78, 5) is 14.1. The highest BCUT2D eigenvalue weighted by Gasteiger charge is 2.34. The van der Waals surface area contributed by atoms with Crippen LogP contribution in [0.25, 0.3) is 0 Å². The van der Waals surface area contributed by atoms with Crippen LogP contribution in [0.1, 0.15) is 46.0 Å². The van der Waals surface area contributed by atoms with E-state index in [0.29, 0.717) is 0 Å². The Morgan fingerprint density at radius 1 is 1.50 bits per heavy atom. The monoisotopic (exact) mass is 284 g/mol. The van der Waals surface area contributed by atoms with Gasteiger partial charge in [0.2, 0.25) is 0 Å². The van der Waals surface area contributed by atoms with Crippen molar-refractivity contribution in [2.24, 2.45) is 5.41 Å². The topological polar surface area (TPSA) is 61.8 Å².